The molecular weight excluding hydrogens is 297 g/mol. The van der Waals surface area contributed by atoms with E-state index < -0.39 is 0 Å². The Morgan fingerprint density at radius 1 is 1.30 bits per heavy atom. The molecule has 2 aromatic heterocycles. The van der Waals surface area contributed by atoms with Crippen molar-refractivity contribution in [2.75, 3.05) is 16.9 Å². The summed E-state index contributed by atoms with van der Waals surface area (Å²) in [7, 11) is 0. The van der Waals surface area contributed by atoms with Crippen molar-refractivity contribution in [3.05, 3.63) is 46.2 Å². The number of aromatic nitrogens is 2. The average Bonchev–Trinajstić information content (AvgIpc) is 2.46. The third-order valence-electron chi connectivity index (χ3n) is 2.81. The standard InChI is InChI=1S/C13H15Cl2N5/c1-2-20(8-9-5-3-4-6-17-9)13-11(15)7-10(14)12(18-13)19-16/h3-7H,2,8,16H2,1H3,(H,18,19). The Kier molecular flexibility index (Phi) is 5.00. The Hall–Kier alpha value is -1.56. The fourth-order valence-electron chi connectivity index (χ4n) is 1.80. The van der Waals surface area contributed by atoms with Crippen molar-refractivity contribution in [1.82, 2.24) is 9.97 Å². The summed E-state index contributed by atoms with van der Waals surface area (Å²) in [6.07, 6.45) is 1.76. The van der Waals surface area contributed by atoms with Crippen LogP contribution in [0.1, 0.15) is 12.6 Å². The molecule has 3 N–H and O–H groups in total. The highest BCUT2D eigenvalue weighted by atomic mass is 35.5. The third-order valence-corrected chi connectivity index (χ3v) is 3.37. The number of nitrogen functional groups attached to an aromatic ring is 1. The van der Waals surface area contributed by atoms with Gasteiger partial charge in [0.05, 0.1) is 22.3 Å². The molecule has 0 amide bonds. The second kappa shape index (κ2) is 6.74. The van der Waals surface area contributed by atoms with E-state index in [1.165, 1.54) is 0 Å². The van der Waals surface area contributed by atoms with Crippen LogP contribution in [0.3, 0.4) is 0 Å². The zero-order valence-corrected chi connectivity index (χ0v) is 12.5. The Balaban J connectivity index is 2.32. The molecule has 20 heavy (non-hydrogen) atoms. The minimum absolute atomic E-state index is 0.384. The van der Waals surface area contributed by atoms with Gasteiger partial charge in [0.1, 0.15) is 5.82 Å². The number of pyridine rings is 2. The molecule has 0 aliphatic rings. The minimum atomic E-state index is 0.384. The van der Waals surface area contributed by atoms with Crippen LogP contribution in [0.25, 0.3) is 0 Å². The van der Waals surface area contributed by atoms with Crippen LogP contribution in [0.4, 0.5) is 11.6 Å². The lowest BCUT2D eigenvalue weighted by molar-refractivity contribution is 0.794. The summed E-state index contributed by atoms with van der Waals surface area (Å²) < 4.78 is 0. The van der Waals surface area contributed by atoms with E-state index in [9.17, 15) is 0 Å². The van der Waals surface area contributed by atoms with Crippen molar-refractivity contribution in [3.8, 4) is 0 Å². The lowest BCUT2D eigenvalue weighted by Gasteiger charge is -2.23. The number of hydrazine groups is 1. The van der Waals surface area contributed by atoms with Crippen molar-refractivity contribution < 1.29 is 0 Å². The molecular formula is C13H15Cl2N5. The summed E-state index contributed by atoms with van der Waals surface area (Å²) in [6.45, 7) is 3.36. The quantitative estimate of drug-likeness (QED) is 0.656. The van der Waals surface area contributed by atoms with Gasteiger partial charge >= 0.3 is 0 Å². The summed E-state index contributed by atoms with van der Waals surface area (Å²) in [5, 5.41) is 0.863. The van der Waals surface area contributed by atoms with Crippen LogP contribution in [0.15, 0.2) is 30.5 Å². The number of hydrogen-bond donors (Lipinski definition) is 2. The van der Waals surface area contributed by atoms with Gasteiger partial charge in [-0.05, 0) is 25.1 Å². The minimum Gasteiger partial charge on any atom is -0.350 e. The van der Waals surface area contributed by atoms with Gasteiger partial charge in [0.25, 0.3) is 0 Å². The Labute approximate surface area is 127 Å². The van der Waals surface area contributed by atoms with Crippen LogP contribution < -0.4 is 16.2 Å². The largest absolute Gasteiger partial charge is 0.350 e. The maximum Gasteiger partial charge on any atom is 0.161 e. The predicted octanol–water partition coefficient (Wildman–Crippen LogP) is 3.10. The average molecular weight is 312 g/mol. The first kappa shape index (κ1) is 14.8. The number of nitrogens with one attached hydrogen (secondary N) is 1. The molecule has 106 valence electrons. The number of hydrogen-bond acceptors (Lipinski definition) is 5. The molecule has 2 heterocycles. The van der Waals surface area contributed by atoms with Gasteiger partial charge in [-0.3, -0.25) is 4.98 Å². The van der Waals surface area contributed by atoms with Crippen LogP contribution in [0.2, 0.25) is 10.0 Å². The molecule has 0 bridgehead atoms. The number of nitrogens with two attached hydrogens (primary N) is 1. The molecule has 0 spiro atoms. The van der Waals surface area contributed by atoms with Crippen molar-refractivity contribution in [2.45, 2.75) is 13.5 Å². The van der Waals surface area contributed by atoms with Crippen LogP contribution >= 0.6 is 23.2 Å². The van der Waals surface area contributed by atoms with Gasteiger partial charge in [-0.2, -0.15) is 0 Å². The fourth-order valence-corrected chi connectivity index (χ4v) is 2.34. The van der Waals surface area contributed by atoms with E-state index in [4.69, 9.17) is 29.0 Å². The SMILES string of the molecule is CCN(Cc1ccccn1)c1nc(NN)c(Cl)cc1Cl. The predicted molar refractivity (Wildman–Crippen MR) is 83.0 cm³/mol. The maximum absolute atomic E-state index is 6.22. The molecule has 0 unspecified atom stereocenters. The summed E-state index contributed by atoms with van der Waals surface area (Å²) in [5.74, 6) is 6.41. The highest BCUT2D eigenvalue weighted by Gasteiger charge is 2.15. The van der Waals surface area contributed by atoms with Gasteiger partial charge < -0.3 is 10.3 Å². The third kappa shape index (κ3) is 3.30. The first-order valence-electron chi connectivity index (χ1n) is 6.13. The monoisotopic (exact) mass is 311 g/mol. The summed E-state index contributed by atoms with van der Waals surface area (Å²) in [6, 6.07) is 7.40. The molecule has 0 atom stereocenters. The smallest absolute Gasteiger partial charge is 0.161 e. The summed E-state index contributed by atoms with van der Waals surface area (Å²) >= 11 is 12.2. The molecule has 0 aliphatic heterocycles. The first-order valence-corrected chi connectivity index (χ1v) is 6.88. The van der Waals surface area contributed by atoms with E-state index >= 15 is 0 Å². The molecule has 5 nitrogen and oxygen atoms in total. The van der Waals surface area contributed by atoms with E-state index in [0.717, 1.165) is 12.2 Å². The van der Waals surface area contributed by atoms with Gasteiger partial charge in [-0.1, -0.05) is 29.3 Å². The van der Waals surface area contributed by atoms with Crippen LogP contribution in [0.5, 0.6) is 0 Å². The molecule has 7 heteroatoms. The molecule has 0 saturated carbocycles. The van der Waals surface area contributed by atoms with Crippen LogP contribution in [-0.2, 0) is 6.54 Å². The number of rotatable bonds is 5. The molecule has 0 aliphatic carbocycles. The van der Waals surface area contributed by atoms with E-state index in [0.29, 0.717) is 28.2 Å². The Morgan fingerprint density at radius 2 is 2.10 bits per heavy atom. The van der Waals surface area contributed by atoms with Gasteiger partial charge in [0, 0.05) is 12.7 Å². The first-order chi connectivity index (χ1) is 9.65. The van der Waals surface area contributed by atoms with E-state index in [1.807, 2.05) is 30.0 Å². The summed E-state index contributed by atoms with van der Waals surface area (Å²) in [5.41, 5.74) is 3.40. The van der Waals surface area contributed by atoms with Crippen molar-refractivity contribution >= 4 is 34.8 Å². The van der Waals surface area contributed by atoms with Crippen LogP contribution in [-0.4, -0.2) is 16.5 Å². The van der Waals surface area contributed by atoms with E-state index in [1.54, 1.807) is 12.3 Å². The van der Waals surface area contributed by atoms with E-state index in [2.05, 4.69) is 15.4 Å². The second-order valence-corrected chi connectivity index (χ2v) is 4.92. The summed E-state index contributed by atoms with van der Waals surface area (Å²) in [4.78, 5) is 10.7. The number of halogens is 2. The topological polar surface area (TPSA) is 67.1 Å². The van der Waals surface area contributed by atoms with Gasteiger partial charge in [-0.15, -0.1) is 0 Å². The van der Waals surface area contributed by atoms with Crippen LogP contribution in [0, 0.1) is 0 Å². The molecule has 0 saturated heterocycles. The van der Waals surface area contributed by atoms with Crippen molar-refractivity contribution in [3.63, 3.8) is 0 Å². The normalized spacial score (nSPS) is 10.4. The highest BCUT2D eigenvalue weighted by molar-refractivity contribution is 6.37. The molecule has 2 rings (SSSR count). The highest BCUT2D eigenvalue weighted by Crippen LogP contribution is 2.31. The van der Waals surface area contributed by atoms with Gasteiger partial charge in [0.2, 0.25) is 0 Å². The fraction of sp³-hybridized carbons (Fsp3) is 0.231. The molecule has 0 radical (unpaired) electrons. The van der Waals surface area contributed by atoms with Crippen molar-refractivity contribution in [1.29, 1.82) is 0 Å². The van der Waals surface area contributed by atoms with E-state index in [-0.39, 0.29) is 0 Å². The number of nitrogens with zero attached hydrogens (tertiary/aromatic N) is 3. The van der Waals surface area contributed by atoms with Crippen molar-refractivity contribution in [2.24, 2.45) is 5.84 Å². The Morgan fingerprint density at radius 3 is 2.70 bits per heavy atom. The maximum atomic E-state index is 6.22. The molecule has 2 aromatic rings. The van der Waals surface area contributed by atoms with Gasteiger partial charge in [0.15, 0.2) is 5.82 Å². The molecule has 0 fully saturated rings. The lowest BCUT2D eigenvalue weighted by Crippen LogP contribution is -2.24. The zero-order chi connectivity index (χ0) is 14.5. The lowest BCUT2D eigenvalue weighted by atomic mass is 10.3. The zero-order valence-electron chi connectivity index (χ0n) is 11.0. The molecule has 0 aromatic carbocycles. The van der Waals surface area contributed by atoms with Gasteiger partial charge in [-0.25, -0.2) is 10.8 Å². The number of anilines is 2. The second-order valence-electron chi connectivity index (χ2n) is 4.10. The Bertz CT molecular complexity index is 576.